The number of esters is 3. The lowest BCUT2D eigenvalue weighted by molar-refractivity contribution is -0.166. The summed E-state index contributed by atoms with van der Waals surface area (Å²) in [6.45, 7) is 6.36. The number of hydrogen-bond donors (Lipinski definition) is 0. The summed E-state index contributed by atoms with van der Waals surface area (Å²) in [7, 11) is 0. The summed E-state index contributed by atoms with van der Waals surface area (Å²) in [6, 6.07) is 0. The topological polar surface area (TPSA) is 78.9 Å². The number of rotatable bonds is 57. The molecule has 6 heteroatoms. The molecule has 0 aromatic carbocycles. The Kier molecular flexibility index (Phi) is 61.4. The van der Waals surface area contributed by atoms with Crippen molar-refractivity contribution in [3.05, 3.63) is 134 Å². The van der Waals surface area contributed by atoms with E-state index in [4.69, 9.17) is 14.2 Å². The molecule has 0 radical (unpaired) electrons. The third kappa shape index (κ3) is 62.4. The molecule has 0 aliphatic carbocycles. The van der Waals surface area contributed by atoms with Crippen LogP contribution in [0.1, 0.15) is 284 Å². The first kappa shape index (κ1) is 73.5. The lowest BCUT2D eigenvalue weighted by Crippen LogP contribution is -2.30. The molecule has 0 saturated carbocycles. The second-order valence-electron chi connectivity index (χ2n) is 20.9. The zero-order valence-electron chi connectivity index (χ0n) is 50.6. The van der Waals surface area contributed by atoms with Gasteiger partial charge >= 0.3 is 17.9 Å². The third-order valence-electron chi connectivity index (χ3n) is 13.4. The molecule has 0 amide bonds. The number of unbranched alkanes of at least 4 members (excludes halogenated alkanes) is 24. The minimum absolute atomic E-state index is 0.109. The van der Waals surface area contributed by atoms with Gasteiger partial charge in [0.2, 0.25) is 0 Å². The van der Waals surface area contributed by atoms with E-state index < -0.39 is 12.1 Å². The van der Waals surface area contributed by atoms with Gasteiger partial charge in [0.25, 0.3) is 0 Å². The Labute approximate surface area is 481 Å². The average Bonchev–Trinajstić information content (AvgIpc) is 3.44. The highest BCUT2D eigenvalue weighted by molar-refractivity contribution is 5.71. The van der Waals surface area contributed by atoms with Crippen LogP contribution in [-0.2, 0) is 28.6 Å². The summed E-state index contributed by atoms with van der Waals surface area (Å²) in [5.74, 6) is -0.991. The van der Waals surface area contributed by atoms with E-state index in [1.54, 1.807) is 0 Å². The molecule has 0 bridgehead atoms. The lowest BCUT2D eigenvalue weighted by Gasteiger charge is -2.18. The fourth-order valence-electron chi connectivity index (χ4n) is 8.67. The number of hydrogen-bond acceptors (Lipinski definition) is 6. The summed E-state index contributed by atoms with van der Waals surface area (Å²) in [5, 5.41) is 0. The molecule has 78 heavy (non-hydrogen) atoms. The first-order valence-corrected chi connectivity index (χ1v) is 32.2. The minimum atomic E-state index is -0.821. The molecular formula is C72H118O6. The lowest BCUT2D eigenvalue weighted by atomic mass is 10.0. The van der Waals surface area contributed by atoms with E-state index in [2.05, 4.69) is 148 Å². The van der Waals surface area contributed by atoms with Crippen LogP contribution in [0, 0.1) is 0 Å². The van der Waals surface area contributed by atoms with Gasteiger partial charge in [-0.15, -0.1) is 0 Å². The highest BCUT2D eigenvalue weighted by atomic mass is 16.6. The Morgan fingerprint density at radius 3 is 0.833 bits per heavy atom. The largest absolute Gasteiger partial charge is 0.462 e. The maximum Gasteiger partial charge on any atom is 0.306 e. The number of carbonyl (C=O) groups is 3. The predicted octanol–water partition coefficient (Wildman–Crippen LogP) is 22.2. The van der Waals surface area contributed by atoms with Crippen molar-refractivity contribution in [1.82, 2.24) is 0 Å². The molecule has 0 N–H and O–H groups in total. The third-order valence-corrected chi connectivity index (χ3v) is 13.4. The first-order valence-electron chi connectivity index (χ1n) is 32.2. The van der Waals surface area contributed by atoms with Gasteiger partial charge in [0, 0.05) is 19.3 Å². The highest BCUT2D eigenvalue weighted by Crippen LogP contribution is 2.16. The van der Waals surface area contributed by atoms with Gasteiger partial charge in [0.15, 0.2) is 6.10 Å². The molecule has 0 heterocycles. The molecule has 6 nitrogen and oxygen atoms in total. The van der Waals surface area contributed by atoms with Gasteiger partial charge in [-0.05, 0) is 103 Å². The summed E-state index contributed by atoms with van der Waals surface area (Å²) in [5.41, 5.74) is 0. The second kappa shape index (κ2) is 65.1. The molecule has 1 unspecified atom stereocenters. The Morgan fingerprint density at radius 1 is 0.269 bits per heavy atom. The van der Waals surface area contributed by atoms with Crippen molar-refractivity contribution >= 4 is 17.9 Å². The van der Waals surface area contributed by atoms with Crippen molar-refractivity contribution in [2.75, 3.05) is 13.2 Å². The molecule has 0 fully saturated rings. The summed E-state index contributed by atoms with van der Waals surface area (Å²) in [6.07, 6.45) is 91.9. The van der Waals surface area contributed by atoms with Crippen molar-refractivity contribution in [3.8, 4) is 0 Å². The predicted molar refractivity (Wildman–Crippen MR) is 339 cm³/mol. The maximum atomic E-state index is 12.9. The van der Waals surface area contributed by atoms with Gasteiger partial charge in [0.1, 0.15) is 13.2 Å². The van der Waals surface area contributed by atoms with Gasteiger partial charge in [-0.3, -0.25) is 14.4 Å². The quantitative estimate of drug-likeness (QED) is 0.0261. The van der Waals surface area contributed by atoms with Gasteiger partial charge in [-0.2, -0.15) is 0 Å². The minimum Gasteiger partial charge on any atom is -0.462 e. The molecule has 0 spiro atoms. The zero-order valence-corrected chi connectivity index (χ0v) is 50.6. The fourth-order valence-corrected chi connectivity index (χ4v) is 8.67. The van der Waals surface area contributed by atoms with E-state index in [-0.39, 0.29) is 31.6 Å². The maximum absolute atomic E-state index is 12.9. The van der Waals surface area contributed by atoms with Crippen molar-refractivity contribution in [3.63, 3.8) is 0 Å². The van der Waals surface area contributed by atoms with Crippen LogP contribution in [0.5, 0.6) is 0 Å². The first-order chi connectivity index (χ1) is 38.5. The van der Waals surface area contributed by atoms with Crippen molar-refractivity contribution in [2.24, 2.45) is 0 Å². The van der Waals surface area contributed by atoms with Crippen molar-refractivity contribution in [1.29, 1.82) is 0 Å². The van der Waals surface area contributed by atoms with E-state index >= 15 is 0 Å². The van der Waals surface area contributed by atoms with Gasteiger partial charge in [0.05, 0.1) is 0 Å². The van der Waals surface area contributed by atoms with Crippen LogP contribution in [0.15, 0.2) is 134 Å². The summed E-state index contributed by atoms with van der Waals surface area (Å²) >= 11 is 0. The standard InChI is InChI=1S/C72H118O6/c1-4-7-10-13-16-19-22-25-27-29-31-32-33-34-35-36-37-38-39-40-42-43-45-47-50-53-56-59-62-65-71(74)77-68-69(67-76-70(73)64-61-58-55-52-49-24-21-18-15-12-9-6-3)78-72(75)66-63-60-57-54-51-48-46-44-41-30-28-26-23-20-17-14-11-8-5-2/h7-8,10-11,16-17,19-20,25-28,31-32,34-35,41,44,48,51,57,60,69H,4-6,9,12-15,18,21-24,29-30,33,36-40,42-43,45-47,49-50,52-56,58-59,61-68H2,1-3H3/b10-7-,11-8-,19-16-,20-17-,27-25-,28-26-,32-31-,35-34-,44-41-,51-48-,60-57-. The Balaban J connectivity index is 4.34. The van der Waals surface area contributed by atoms with Crippen LogP contribution in [0.2, 0.25) is 0 Å². The van der Waals surface area contributed by atoms with E-state index in [1.807, 2.05) is 6.08 Å². The van der Waals surface area contributed by atoms with Gasteiger partial charge in [-0.25, -0.2) is 0 Å². The van der Waals surface area contributed by atoms with Crippen LogP contribution in [0.25, 0.3) is 0 Å². The molecule has 1 atom stereocenters. The van der Waals surface area contributed by atoms with Crippen LogP contribution in [0.4, 0.5) is 0 Å². The van der Waals surface area contributed by atoms with Crippen LogP contribution in [0.3, 0.4) is 0 Å². The van der Waals surface area contributed by atoms with E-state index in [1.165, 1.54) is 128 Å². The molecule has 0 aromatic heterocycles. The molecule has 0 aliphatic rings. The van der Waals surface area contributed by atoms with E-state index in [0.29, 0.717) is 19.3 Å². The van der Waals surface area contributed by atoms with E-state index in [0.717, 1.165) is 109 Å². The van der Waals surface area contributed by atoms with Gasteiger partial charge in [-0.1, -0.05) is 296 Å². The molecular weight excluding hydrogens is 961 g/mol. The van der Waals surface area contributed by atoms with Crippen LogP contribution >= 0.6 is 0 Å². The van der Waals surface area contributed by atoms with E-state index in [9.17, 15) is 14.4 Å². The Hall–Kier alpha value is -4.45. The second-order valence-corrected chi connectivity index (χ2v) is 20.9. The van der Waals surface area contributed by atoms with Gasteiger partial charge < -0.3 is 14.2 Å². The Morgan fingerprint density at radius 2 is 0.526 bits per heavy atom. The SMILES string of the molecule is CC/C=C\C/C=C\C/C=C\C/C=C\C/C=C\C/C=C\CCC(=O)OC(COC(=O)CCCCCCCCCCCCCC)COC(=O)CCCCCCCCCCCCCCC/C=C\C/C=C\C/C=C\C/C=C\C/C=C\CC. The average molecular weight is 1080 g/mol. The zero-order chi connectivity index (χ0) is 56.4. The Bertz CT molecular complexity index is 1670. The molecule has 0 saturated heterocycles. The summed E-state index contributed by atoms with van der Waals surface area (Å²) < 4.78 is 16.8. The molecule has 0 aromatic rings. The van der Waals surface area contributed by atoms with Crippen molar-refractivity contribution < 1.29 is 28.6 Å². The number of carbonyl (C=O) groups excluding carboxylic acids is 3. The monoisotopic (exact) mass is 1080 g/mol. The van der Waals surface area contributed by atoms with Crippen molar-refractivity contribution in [2.45, 2.75) is 290 Å². The highest BCUT2D eigenvalue weighted by Gasteiger charge is 2.19. The smallest absolute Gasteiger partial charge is 0.306 e. The number of allylic oxidation sites excluding steroid dienone is 22. The van der Waals surface area contributed by atoms with Crippen LogP contribution < -0.4 is 0 Å². The normalized spacial score (nSPS) is 13.0. The molecule has 0 aliphatic heterocycles. The fraction of sp³-hybridized carbons (Fsp3) is 0.653. The number of ether oxygens (including phenoxy) is 3. The van der Waals surface area contributed by atoms with Crippen LogP contribution in [-0.4, -0.2) is 37.2 Å². The molecule has 442 valence electrons. The summed E-state index contributed by atoms with van der Waals surface area (Å²) in [4.78, 5) is 38.2. The molecule has 0 rings (SSSR count).